The van der Waals surface area contributed by atoms with E-state index in [4.69, 9.17) is 0 Å². The molecule has 2 aliphatic rings. The summed E-state index contributed by atoms with van der Waals surface area (Å²) in [5.74, 6) is -2.01. The lowest BCUT2D eigenvalue weighted by atomic mass is 9.90. The third kappa shape index (κ3) is 6.84. The van der Waals surface area contributed by atoms with Crippen molar-refractivity contribution in [1.82, 2.24) is 15.1 Å². The molecule has 0 saturated carbocycles. The van der Waals surface area contributed by atoms with Crippen molar-refractivity contribution in [2.75, 3.05) is 20.1 Å². The zero-order chi connectivity index (χ0) is 28.3. The van der Waals surface area contributed by atoms with Gasteiger partial charge in [-0.25, -0.2) is 4.39 Å². The Labute approximate surface area is 231 Å². The lowest BCUT2D eigenvalue weighted by Gasteiger charge is -2.35. The largest absolute Gasteiger partial charge is 0.362 e. The van der Waals surface area contributed by atoms with Crippen LogP contribution in [0.3, 0.4) is 0 Å². The molecule has 210 valence electrons. The summed E-state index contributed by atoms with van der Waals surface area (Å²) in [6, 6.07) is 10.1. The third-order valence-electron chi connectivity index (χ3n) is 8.08. The monoisotopic (exact) mass is 535 g/mol. The molecule has 39 heavy (non-hydrogen) atoms. The number of benzene rings is 2. The molecule has 0 aliphatic carbocycles. The van der Waals surface area contributed by atoms with Crippen LogP contribution in [0.4, 0.5) is 4.39 Å². The van der Waals surface area contributed by atoms with Crippen LogP contribution < -0.4 is 5.32 Å². The van der Waals surface area contributed by atoms with E-state index in [1.54, 1.807) is 18.2 Å². The standard InChI is InChI=1S/C32H42FN3O3/c1-6-24-9-7-10-25(27(24)20-35(5)29-14-13-23(4)34-31(29)37)16-32(38,39)28-12-8-11-26(30(28)33)19-36-17-21(2)15-22(3)18-36/h6-12,21-22,29,38-39H,1,4,13-20H2,2-3,5H3,(H,34,37). The van der Waals surface area contributed by atoms with Gasteiger partial charge in [-0.1, -0.05) is 69.5 Å². The maximum absolute atomic E-state index is 15.8. The first kappa shape index (κ1) is 29.2. The van der Waals surface area contributed by atoms with E-state index in [0.717, 1.165) is 36.3 Å². The van der Waals surface area contributed by atoms with Crippen LogP contribution >= 0.6 is 0 Å². The summed E-state index contributed by atoms with van der Waals surface area (Å²) in [5, 5.41) is 25.4. The Bertz CT molecular complexity index is 1220. The molecule has 3 unspecified atom stereocenters. The zero-order valence-corrected chi connectivity index (χ0v) is 23.4. The SMILES string of the molecule is C=Cc1cccc(CC(O)(O)c2cccc(CN3CC(C)CC(C)C3)c2F)c1CN(C)C1CCC(=C)NC1=O. The summed E-state index contributed by atoms with van der Waals surface area (Å²) in [7, 11) is 1.87. The van der Waals surface area contributed by atoms with Crippen LogP contribution in [0.1, 0.15) is 60.9 Å². The highest BCUT2D eigenvalue weighted by Crippen LogP contribution is 2.32. The van der Waals surface area contributed by atoms with Crippen molar-refractivity contribution in [2.45, 2.75) is 64.4 Å². The number of aliphatic hydroxyl groups is 2. The smallest absolute Gasteiger partial charge is 0.241 e. The minimum atomic E-state index is -2.42. The Morgan fingerprint density at radius 1 is 1.15 bits per heavy atom. The Morgan fingerprint density at radius 3 is 2.49 bits per heavy atom. The van der Waals surface area contributed by atoms with Crippen LogP contribution in [0.15, 0.2) is 55.3 Å². The summed E-state index contributed by atoms with van der Waals surface area (Å²) in [4.78, 5) is 16.8. The van der Waals surface area contributed by atoms with Crippen molar-refractivity contribution in [3.63, 3.8) is 0 Å². The Kier molecular flexibility index (Phi) is 9.07. The molecule has 0 aromatic heterocycles. The fourth-order valence-electron chi connectivity index (χ4n) is 6.28. The summed E-state index contributed by atoms with van der Waals surface area (Å²) >= 11 is 0. The van der Waals surface area contributed by atoms with Crippen molar-refractivity contribution >= 4 is 12.0 Å². The van der Waals surface area contributed by atoms with Crippen molar-refractivity contribution in [3.05, 3.63) is 88.9 Å². The number of piperidine rings is 2. The number of hydrogen-bond donors (Lipinski definition) is 3. The first-order valence-electron chi connectivity index (χ1n) is 13.9. The molecule has 7 heteroatoms. The summed E-state index contributed by atoms with van der Waals surface area (Å²) < 4.78 is 15.8. The maximum Gasteiger partial charge on any atom is 0.241 e. The average Bonchev–Trinajstić information content (AvgIpc) is 2.85. The summed E-state index contributed by atoms with van der Waals surface area (Å²) in [6.45, 7) is 14.8. The molecular weight excluding hydrogens is 493 g/mol. The van der Waals surface area contributed by atoms with Crippen molar-refractivity contribution in [2.24, 2.45) is 11.8 Å². The number of halogens is 1. The predicted molar refractivity (Wildman–Crippen MR) is 153 cm³/mol. The van der Waals surface area contributed by atoms with Crippen molar-refractivity contribution in [3.8, 4) is 0 Å². The highest BCUT2D eigenvalue weighted by molar-refractivity contribution is 5.84. The van der Waals surface area contributed by atoms with Gasteiger partial charge in [-0.2, -0.15) is 0 Å². The molecule has 0 bridgehead atoms. The van der Waals surface area contributed by atoms with Crippen LogP contribution in [0.25, 0.3) is 6.08 Å². The molecule has 2 aliphatic heterocycles. The van der Waals surface area contributed by atoms with E-state index in [0.29, 0.717) is 48.9 Å². The van der Waals surface area contributed by atoms with Gasteiger partial charge in [0.15, 0.2) is 5.79 Å². The molecule has 2 saturated heterocycles. The molecule has 0 radical (unpaired) electrons. The lowest BCUT2D eigenvalue weighted by molar-refractivity contribution is -0.170. The second-order valence-corrected chi connectivity index (χ2v) is 11.7. The van der Waals surface area contributed by atoms with E-state index in [-0.39, 0.29) is 23.9 Å². The quantitative estimate of drug-likeness (QED) is 0.411. The van der Waals surface area contributed by atoms with E-state index < -0.39 is 11.6 Å². The molecule has 4 rings (SSSR count). The molecule has 2 heterocycles. The Morgan fingerprint density at radius 2 is 1.82 bits per heavy atom. The van der Waals surface area contributed by atoms with E-state index in [2.05, 4.69) is 37.2 Å². The number of rotatable bonds is 9. The number of carbonyl (C=O) groups excluding carboxylic acids is 1. The van der Waals surface area contributed by atoms with Gasteiger partial charge in [-0.3, -0.25) is 14.6 Å². The fourth-order valence-corrected chi connectivity index (χ4v) is 6.28. The lowest BCUT2D eigenvalue weighted by Crippen LogP contribution is -2.47. The number of likely N-dealkylation sites (tertiary alicyclic amines) is 1. The van der Waals surface area contributed by atoms with Gasteiger partial charge in [0.1, 0.15) is 5.82 Å². The minimum Gasteiger partial charge on any atom is -0.362 e. The number of nitrogens with one attached hydrogen (secondary N) is 1. The van der Waals surface area contributed by atoms with E-state index >= 15 is 4.39 Å². The molecule has 2 fully saturated rings. The van der Waals surface area contributed by atoms with E-state index in [1.165, 1.54) is 6.07 Å². The van der Waals surface area contributed by atoms with Crippen molar-refractivity contribution < 1.29 is 19.4 Å². The number of amides is 1. The summed E-state index contributed by atoms with van der Waals surface area (Å²) in [5.41, 5.74) is 3.37. The molecule has 2 aromatic carbocycles. The van der Waals surface area contributed by atoms with Crippen LogP contribution in [0.5, 0.6) is 0 Å². The molecule has 0 spiro atoms. The highest BCUT2D eigenvalue weighted by Gasteiger charge is 2.34. The maximum atomic E-state index is 15.8. The number of likely N-dealkylation sites (N-methyl/N-ethyl adjacent to an activating group) is 1. The number of carbonyl (C=O) groups is 1. The summed E-state index contributed by atoms with van der Waals surface area (Å²) in [6.07, 6.45) is 4.04. The zero-order valence-electron chi connectivity index (χ0n) is 23.4. The average molecular weight is 536 g/mol. The van der Waals surface area contributed by atoms with Gasteiger partial charge in [0.05, 0.1) is 6.04 Å². The number of nitrogens with zero attached hydrogens (tertiary/aromatic N) is 2. The van der Waals surface area contributed by atoms with Gasteiger partial charge in [-0.05, 0) is 54.8 Å². The van der Waals surface area contributed by atoms with Gasteiger partial charge in [0.25, 0.3) is 0 Å². The number of hydrogen-bond acceptors (Lipinski definition) is 5. The van der Waals surface area contributed by atoms with Crippen LogP contribution in [-0.4, -0.2) is 52.1 Å². The Hall–Kier alpha value is -2.84. The molecule has 6 nitrogen and oxygen atoms in total. The second kappa shape index (κ2) is 12.1. The van der Waals surface area contributed by atoms with Crippen molar-refractivity contribution in [1.29, 1.82) is 0 Å². The fraction of sp³-hybridized carbons (Fsp3) is 0.469. The topological polar surface area (TPSA) is 76.0 Å². The van der Waals surface area contributed by atoms with Crippen LogP contribution in [-0.2, 0) is 30.1 Å². The minimum absolute atomic E-state index is 0.0959. The predicted octanol–water partition coefficient (Wildman–Crippen LogP) is 4.55. The van der Waals surface area contributed by atoms with E-state index in [1.807, 2.05) is 30.1 Å². The van der Waals surface area contributed by atoms with Gasteiger partial charge >= 0.3 is 0 Å². The third-order valence-corrected chi connectivity index (χ3v) is 8.08. The van der Waals surface area contributed by atoms with Gasteiger partial charge in [-0.15, -0.1) is 0 Å². The number of allylic oxidation sites excluding steroid dienone is 1. The van der Waals surface area contributed by atoms with Gasteiger partial charge in [0, 0.05) is 49.4 Å². The van der Waals surface area contributed by atoms with Gasteiger partial charge in [0.2, 0.25) is 5.91 Å². The molecule has 3 atom stereocenters. The van der Waals surface area contributed by atoms with Gasteiger partial charge < -0.3 is 15.5 Å². The molecule has 2 aromatic rings. The molecular formula is C32H42FN3O3. The van der Waals surface area contributed by atoms with Crippen LogP contribution in [0, 0.1) is 17.7 Å². The highest BCUT2D eigenvalue weighted by atomic mass is 19.1. The first-order chi connectivity index (χ1) is 18.5. The van der Waals surface area contributed by atoms with E-state index in [9.17, 15) is 15.0 Å². The van der Waals surface area contributed by atoms with Crippen LogP contribution in [0.2, 0.25) is 0 Å². The first-order valence-corrected chi connectivity index (χ1v) is 13.9. The second-order valence-electron chi connectivity index (χ2n) is 11.7. The normalized spacial score (nSPS) is 22.7. The molecule has 1 amide bonds. The Balaban J connectivity index is 1.57. The molecule has 3 N–H and O–H groups in total.